The summed E-state index contributed by atoms with van der Waals surface area (Å²) in [5.41, 5.74) is -0.170. The van der Waals surface area contributed by atoms with Crippen LogP contribution in [0.5, 0.6) is 5.75 Å². The van der Waals surface area contributed by atoms with Crippen molar-refractivity contribution >= 4 is 29.2 Å². The fourth-order valence-electron chi connectivity index (χ4n) is 1.60. The molecule has 104 valence electrons. The number of rotatable bonds is 4. The van der Waals surface area contributed by atoms with Crippen LogP contribution in [0.1, 0.15) is 6.42 Å². The number of nitrogens with zero attached hydrogens (tertiary/aromatic N) is 1. The largest absolute Gasteiger partial charge is 0.423 e. The van der Waals surface area contributed by atoms with Gasteiger partial charge in [0.1, 0.15) is 0 Å². The van der Waals surface area contributed by atoms with Gasteiger partial charge in [-0.2, -0.15) is 0 Å². The Kier molecular flexibility index (Phi) is 4.82. The van der Waals surface area contributed by atoms with Crippen LogP contribution < -0.4 is 10.3 Å². The number of aromatic nitrogens is 1. The van der Waals surface area contributed by atoms with Crippen LogP contribution in [-0.2, 0) is 11.3 Å². The highest BCUT2D eigenvalue weighted by molar-refractivity contribution is 6.37. The van der Waals surface area contributed by atoms with Crippen LogP contribution in [0.2, 0.25) is 10.0 Å². The molecule has 1 aromatic carbocycles. The molecule has 6 heteroatoms. The van der Waals surface area contributed by atoms with Crippen LogP contribution in [0.3, 0.4) is 0 Å². The van der Waals surface area contributed by atoms with Crippen LogP contribution in [-0.4, -0.2) is 10.5 Å². The minimum atomic E-state index is -0.504. The van der Waals surface area contributed by atoms with Gasteiger partial charge in [-0.15, -0.1) is 0 Å². The molecule has 0 aliphatic rings. The summed E-state index contributed by atoms with van der Waals surface area (Å²) in [6.45, 7) is 0.237. The number of carbonyl (C=O) groups is 1. The SMILES string of the molecule is O=C(CCn1ccccc1=O)Oc1c(Cl)cccc1Cl. The highest BCUT2D eigenvalue weighted by Gasteiger charge is 2.12. The van der Waals surface area contributed by atoms with Gasteiger partial charge in [-0.25, -0.2) is 0 Å². The molecule has 20 heavy (non-hydrogen) atoms. The van der Waals surface area contributed by atoms with Crippen molar-refractivity contribution in [2.24, 2.45) is 0 Å². The number of esters is 1. The van der Waals surface area contributed by atoms with E-state index in [0.717, 1.165) is 0 Å². The second kappa shape index (κ2) is 6.59. The Labute approximate surface area is 125 Å². The molecule has 1 heterocycles. The average Bonchev–Trinajstić information content (AvgIpc) is 2.42. The summed E-state index contributed by atoms with van der Waals surface area (Å²) in [5.74, 6) is -0.364. The van der Waals surface area contributed by atoms with E-state index >= 15 is 0 Å². The molecule has 0 radical (unpaired) electrons. The molecule has 4 nitrogen and oxygen atoms in total. The van der Waals surface area contributed by atoms with Gasteiger partial charge in [-0.05, 0) is 18.2 Å². The molecule has 1 aromatic heterocycles. The monoisotopic (exact) mass is 311 g/mol. The number of pyridine rings is 1. The first-order chi connectivity index (χ1) is 9.58. The van der Waals surface area contributed by atoms with Crippen LogP contribution in [0.4, 0.5) is 0 Å². The molecule has 0 unspecified atom stereocenters. The molecule has 0 bridgehead atoms. The van der Waals surface area contributed by atoms with Gasteiger partial charge in [0, 0.05) is 18.8 Å². The van der Waals surface area contributed by atoms with Crippen molar-refractivity contribution < 1.29 is 9.53 Å². The molecule has 0 saturated carbocycles. The molecule has 2 aromatic rings. The summed E-state index contributed by atoms with van der Waals surface area (Å²) in [6, 6.07) is 9.61. The van der Waals surface area contributed by atoms with E-state index in [4.69, 9.17) is 27.9 Å². The minimum absolute atomic E-state index is 0.0471. The molecular weight excluding hydrogens is 301 g/mol. The van der Waals surface area contributed by atoms with Crippen molar-refractivity contribution in [3.8, 4) is 5.75 Å². The van der Waals surface area contributed by atoms with Crippen molar-refractivity contribution in [1.82, 2.24) is 4.57 Å². The first-order valence-corrected chi connectivity index (χ1v) is 6.63. The van der Waals surface area contributed by atoms with Crippen LogP contribution in [0, 0.1) is 0 Å². The lowest BCUT2D eigenvalue weighted by atomic mass is 10.3. The number of ether oxygens (including phenoxy) is 1. The van der Waals surface area contributed by atoms with E-state index in [9.17, 15) is 9.59 Å². The van der Waals surface area contributed by atoms with Crippen molar-refractivity contribution in [3.05, 3.63) is 63.0 Å². The standard InChI is InChI=1S/C14H11Cl2NO3/c15-10-4-3-5-11(16)14(10)20-13(19)7-9-17-8-2-1-6-12(17)18/h1-6,8H,7,9H2. The molecule has 0 saturated heterocycles. The first kappa shape index (κ1) is 14.6. The number of halogens is 2. The third-order valence-corrected chi connectivity index (χ3v) is 3.19. The number of aryl methyl sites for hydroxylation is 1. The lowest BCUT2D eigenvalue weighted by Gasteiger charge is -2.08. The topological polar surface area (TPSA) is 48.3 Å². The molecular formula is C14H11Cl2NO3. The predicted octanol–water partition coefficient (Wildman–Crippen LogP) is 3.15. The summed E-state index contributed by atoms with van der Waals surface area (Å²) in [5, 5.41) is 0.533. The third kappa shape index (κ3) is 3.62. The lowest BCUT2D eigenvalue weighted by molar-refractivity contribution is -0.134. The van der Waals surface area contributed by atoms with Gasteiger partial charge >= 0.3 is 5.97 Å². The maximum absolute atomic E-state index is 11.7. The summed E-state index contributed by atoms with van der Waals surface area (Å²) in [6.07, 6.45) is 1.66. The van der Waals surface area contributed by atoms with E-state index in [1.165, 1.54) is 10.6 Å². The van der Waals surface area contributed by atoms with Gasteiger partial charge in [0.15, 0.2) is 5.75 Å². The average molecular weight is 312 g/mol. The Balaban J connectivity index is 2.00. The molecule has 0 aliphatic heterocycles. The van der Waals surface area contributed by atoms with E-state index in [-0.39, 0.29) is 34.3 Å². The fourth-order valence-corrected chi connectivity index (χ4v) is 2.08. The van der Waals surface area contributed by atoms with Gasteiger partial charge in [0.05, 0.1) is 16.5 Å². The van der Waals surface area contributed by atoms with Gasteiger partial charge in [-0.1, -0.05) is 35.3 Å². The van der Waals surface area contributed by atoms with E-state index in [2.05, 4.69) is 0 Å². The van der Waals surface area contributed by atoms with Gasteiger partial charge in [-0.3, -0.25) is 9.59 Å². The van der Waals surface area contributed by atoms with Crippen LogP contribution >= 0.6 is 23.2 Å². The summed E-state index contributed by atoms with van der Waals surface area (Å²) in [7, 11) is 0. The van der Waals surface area contributed by atoms with Crippen LogP contribution in [0.15, 0.2) is 47.4 Å². The molecule has 0 fully saturated rings. The second-order valence-corrected chi connectivity index (χ2v) is 4.82. The number of benzene rings is 1. The van der Waals surface area contributed by atoms with Crippen molar-refractivity contribution in [1.29, 1.82) is 0 Å². The lowest BCUT2D eigenvalue weighted by Crippen LogP contribution is -2.21. The van der Waals surface area contributed by atoms with E-state index in [0.29, 0.717) is 0 Å². The van der Waals surface area contributed by atoms with Crippen molar-refractivity contribution in [2.45, 2.75) is 13.0 Å². The Bertz CT molecular complexity index is 662. The maximum Gasteiger partial charge on any atom is 0.313 e. The van der Waals surface area contributed by atoms with Gasteiger partial charge in [0.2, 0.25) is 0 Å². The smallest absolute Gasteiger partial charge is 0.313 e. The fraction of sp³-hybridized carbons (Fsp3) is 0.143. The Hall–Kier alpha value is -1.78. The minimum Gasteiger partial charge on any atom is -0.423 e. The highest BCUT2D eigenvalue weighted by Crippen LogP contribution is 2.32. The first-order valence-electron chi connectivity index (χ1n) is 5.88. The quantitative estimate of drug-likeness (QED) is 0.643. The Morgan fingerprint density at radius 2 is 1.80 bits per heavy atom. The molecule has 0 spiro atoms. The normalized spacial score (nSPS) is 10.3. The van der Waals surface area contributed by atoms with E-state index < -0.39 is 5.97 Å². The van der Waals surface area contributed by atoms with Gasteiger partial charge < -0.3 is 9.30 Å². The molecule has 2 rings (SSSR count). The highest BCUT2D eigenvalue weighted by atomic mass is 35.5. The van der Waals surface area contributed by atoms with E-state index in [1.807, 2.05) is 0 Å². The Morgan fingerprint density at radius 3 is 2.45 bits per heavy atom. The Morgan fingerprint density at radius 1 is 1.10 bits per heavy atom. The molecule has 0 aliphatic carbocycles. The van der Waals surface area contributed by atoms with E-state index in [1.54, 1.807) is 36.5 Å². The summed E-state index contributed by atoms with van der Waals surface area (Å²) in [4.78, 5) is 23.2. The second-order valence-electron chi connectivity index (χ2n) is 4.01. The predicted molar refractivity (Wildman–Crippen MR) is 77.4 cm³/mol. The zero-order chi connectivity index (χ0) is 14.5. The molecule has 0 atom stereocenters. The number of para-hydroxylation sites is 1. The number of carbonyl (C=O) groups excluding carboxylic acids is 1. The zero-order valence-corrected chi connectivity index (χ0v) is 11.9. The number of hydrogen-bond donors (Lipinski definition) is 0. The molecule has 0 amide bonds. The third-order valence-electron chi connectivity index (χ3n) is 2.59. The van der Waals surface area contributed by atoms with Crippen molar-refractivity contribution in [3.63, 3.8) is 0 Å². The molecule has 0 N–H and O–H groups in total. The summed E-state index contributed by atoms with van der Waals surface area (Å²) >= 11 is 11.8. The maximum atomic E-state index is 11.7. The summed E-state index contributed by atoms with van der Waals surface area (Å²) < 4.78 is 6.55. The zero-order valence-electron chi connectivity index (χ0n) is 10.4. The number of hydrogen-bond acceptors (Lipinski definition) is 3. The van der Waals surface area contributed by atoms with Crippen molar-refractivity contribution in [2.75, 3.05) is 0 Å². The van der Waals surface area contributed by atoms with Crippen LogP contribution in [0.25, 0.3) is 0 Å². The van der Waals surface area contributed by atoms with Gasteiger partial charge in [0.25, 0.3) is 5.56 Å².